The Morgan fingerprint density at radius 3 is 2.38 bits per heavy atom. The molecule has 4 N–H and O–H groups in total. The van der Waals surface area contributed by atoms with Crippen LogP contribution in [0.15, 0.2) is 42.6 Å². The van der Waals surface area contributed by atoms with Gasteiger partial charge in [-0.3, -0.25) is 0 Å². The van der Waals surface area contributed by atoms with E-state index < -0.39 is 0 Å². The number of benzene rings is 2. The molecule has 1 aliphatic rings. The number of hydrogen-bond donors (Lipinski definition) is 2. The van der Waals surface area contributed by atoms with Crippen molar-refractivity contribution in [2.24, 2.45) is 5.41 Å². The summed E-state index contributed by atoms with van der Waals surface area (Å²) < 4.78 is 17.8. The van der Waals surface area contributed by atoms with E-state index in [9.17, 15) is 5.26 Å². The molecular weight excluding hydrogens is 430 g/mol. The minimum Gasteiger partial charge on any atom is -0.497 e. The van der Waals surface area contributed by atoms with Gasteiger partial charge in [-0.15, -0.1) is 0 Å². The van der Waals surface area contributed by atoms with Crippen LogP contribution in [0.25, 0.3) is 11.1 Å². The molecule has 1 saturated carbocycles. The van der Waals surface area contributed by atoms with Gasteiger partial charge in [-0.1, -0.05) is 12.1 Å². The average Bonchev–Trinajstić information content (AvgIpc) is 3.60. The Hall–Kier alpha value is -3.99. The van der Waals surface area contributed by atoms with Gasteiger partial charge in [0.2, 0.25) is 5.95 Å². The van der Waals surface area contributed by atoms with Crippen molar-refractivity contribution in [3.63, 3.8) is 0 Å². The first kappa shape index (κ1) is 23.2. The molecule has 0 amide bonds. The van der Waals surface area contributed by atoms with Crippen molar-refractivity contribution >= 4 is 11.8 Å². The van der Waals surface area contributed by atoms with Crippen LogP contribution in [-0.4, -0.2) is 30.3 Å². The Morgan fingerprint density at radius 2 is 1.79 bits per heavy atom. The second kappa shape index (κ2) is 9.87. The standard InChI is InChI=1S/C26H29N5O3/c1-3-33-21-13-17(12-19-15-30-25(29)31-24(19)28)14-22(34-16-26(8-9-26)10-11-27)23(21)18-4-6-20(32-2)7-5-18/h4-7,13-15H,3,8-10,12,16H2,1-2H3,(H4,28,29,30,31). The summed E-state index contributed by atoms with van der Waals surface area (Å²) in [6, 6.07) is 14.1. The lowest BCUT2D eigenvalue weighted by molar-refractivity contribution is 0.236. The zero-order chi connectivity index (χ0) is 24.1. The van der Waals surface area contributed by atoms with Gasteiger partial charge in [0, 0.05) is 30.0 Å². The zero-order valence-electron chi connectivity index (χ0n) is 19.5. The van der Waals surface area contributed by atoms with E-state index in [0.717, 1.165) is 40.8 Å². The lowest BCUT2D eigenvalue weighted by atomic mass is 9.98. The first-order valence-electron chi connectivity index (χ1n) is 11.3. The molecule has 4 rings (SSSR count). The molecule has 0 unspecified atom stereocenters. The molecule has 0 bridgehead atoms. The summed E-state index contributed by atoms with van der Waals surface area (Å²) in [6.07, 6.45) is 4.62. The van der Waals surface area contributed by atoms with Gasteiger partial charge in [0.05, 0.1) is 32.0 Å². The van der Waals surface area contributed by atoms with Crippen LogP contribution in [-0.2, 0) is 6.42 Å². The maximum atomic E-state index is 9.22. The predicted molar refractivity (Wildman–Crippen MR) is 131 cm³/mol. The highest BCUT2D eigenvalue weighted by molar-refractivity contribution is 5.78. The van der Waals surface area contributed by atoms with Crippen molar-refractivity contribution in [2.45, 2.75) is 32.6 Å². The van der Waals surface area contributed by atoms with Gasteiger partial charge in [0.15, 0.2) is 0 Å². The third-order valence-corrected chi connectivity index (χ3v) is 6.06. The normalized spacial score (nSPS) is 13.7. The molecule has 3 aromatic rings. The Morgan fingerprint density at radius 1 is 1.09 bits per heavy atom. The van der Waals surface area contributed by atoms with Crippen LogP contribution < -0.4 is 25.7 Å². The number of aromatic nitrogens is 2. The lowest BCUT2D eigenvalue weighted by Gasteiger charge is -2.20. The quantitative estimate of drug-likeness (QED) is 0.457. The number of methoxy groups -OCH3 is 1. The fourth-order valence-corrected chi connectivity index (χ4v) is 3.91. The molecule has 2 aromatic carbocycles. The van der Waals surface area contributed by atoms with Crippen LogP contribution in [0.3, 0.4) is 0 Å². The van der Waals surface area contributed by atoms with E-state index in [0.29, 0.717) is 43.4 Å². The minimum atomic E-state index is -0.0665. The predicted octanol–water partition coefficient (Wildman–Crippen LogP) is 4.38. The summed E-state index contributed by atoms with van der Waals surface area (Å²) in [5.41, 5.74) is 15.2. The summed E-state index contributed by atoms with van der Waals surface area (Å²) in [5, 5.41) is 9.22. The number of nitrogens with zero attached hydrogens (tertiary/aromatic N) is 3. The lowest BCUT2D eigenvalue weighted by Crippen LogP contribution is -2.13. The molecule has 1 heterocycles. The minimum absolute atomic E-state index is 0.0665. The molecule has 1 aliphatic carbocycles. The summed E-state index contributed by atoms with van der Waals surface area (Å²) in [5.74, 6) is 2.66. The Labute approximate surface area is 199 Å². The maximum Gasteiger partial charge on any atom is 0.221 e. The number of anilines is 2. The molecule has 0 aliphatic heterocycles. The fourth-order valence-electron chi connectivity index (χ4n) is 3.91. The first-order valence-corrected chi connectivity index (χ1v) is 11.3. The smallest absolute Gasteiger partial charge is 0.221 e. The molecule has 0 radical (unpaired) electrons. The van der Waals surface area contributed by atoms with Crippen molar-refractivity contribution in [1.82, 2.24) is 9.97 Å². The Balaban J connectivity index is 1.76. The summed E-state index contributed by atoms with van der Waals surface area (Å²) in [4.78, 5) is 8.15. The van der Waals surface area contributed by atoms with Crippen molar-refractivity contribution in [2.75, 3.05) is 31.8 Å². The van der Waals surface area contributed by atoms with E-state index in [1.807, 2.05) is 43.3 Å². The summed E-state index contributed by atoms with van der Waals surface area (Å²) in [7, 11) is 1.64. The number of nitrogen functional groups attached to an aromatic ring is 2. The molecule has 8 nitrogen and oxygen atoms in total. The summed E-state index contributed by atoms with van der Waals surface area (Å²) in [6.45, 7) is 2.92. The third kappa shape index (κ3) is 5.15. The Kier molecular flexibility index (Phi) is 6.73. The largest absolute Gasteiger partial charge is 0.497 e. The molecule has 34 heavy (non-hydrogen) atoms. The van der Waals surface area contributed by atoms with E-state index in [1.54, 1.807) is 13.3 Å². The van der Waals surface area contributed by atoms with E-state index in [-0.39, 0.29) is 11.4 Å². The van der Waals surface area contributed by atoms with E-state index in [1.165, 1.54) is 0 Å². The topological polar surface area (TPSA) is 129 Å². The van der Waals surface area contributed by atoms with Crippen molar-refractivity contribution in [3.05, 3.63) is 53.7 Å². The third-order valence-electron chi connectivity index (χ3n) is 6.06. The van der Waals surface area contributed by atoms with E-state index >= 15 is 0 Å². The molecule has 0 atom stereocenters. The van der Waals surface area contributed by atoms with Gasteiger partial charge >= 0.3 is 0 Å². The zero-order valence-corrected chi connectivity index (χ0v) is 19.5. The molecule has 8 heteroatoms. The van der Waals surface area contributed by atoms with Crippen molar-refractivity contribution in [3.8, 4) is 34.4 Å². The SMILES string of the molecule is CCOc1cc(Cc2cnc(N)nc2N)cc(OCC2(CC#N)CC2)c1-c1ccc(OC)cc1. The van der Waals surface area contributed by atoms with Gasteiger partial charge in [-0.25, -0.2) is 4.98 Å². The van der Waals surface area contributed by atoms with Crippen LogP contribution >= 0.6 is 0 Å². The van der Waals surface area contributed by atoms with Crippen LogP contribution in [0, 0.1) is 16.7 Å². The van der Waals surface area contributed by atoms with Crippen LogP contribution in [0.1, 0.15) is 37.3 Å². The van der Waals surface area contributed by atoms with E-state index in [2.05, 4.69) is 16.0 Å². The van der Waals surface area contributed by atoms with Gasteiger partial charge in [-0.05, 0) is 55.2 Å². The van der Waals surface area contributed by atoms with Gasteiger partial charge in [0.1, 0.15) is 23.1 Å². The second-order valence-corrected chi connectivity index (χ2v) is 8.57. The second-order valence-electron chi connectivity index (χ2n) is 8.57. The van der Waals surface area contributed by atoms with E-state index in [4.69, 9.17) is 25.7 Å². The van der Waals surface area contributed by atoms with Crippen LogP contribution in [0.2, 0.25) is 0 Å². The molecule has 0 saturated heterocycles. The van der Waals surface area contributed by atoms with Gasteiger partial charge < -0.3 is 25.7 Å². The average molecular weight is 460 g/mol. The molecule has 176 valence electrons. The Bertz CT molecular complexity index is 1200. The highest BCUT2D eigenvalue weighted by Gasteiger charge is 2.43. The highest BCUT2D eigenvalue weighted by atomic mass is 16.5. The maximum absolute atomic E-state index is 9.22. The highest BCUT2D eigenvalue weighted by Crippen LogP contribution is 2.50. The van der Waals surface area contributed by atoms with Crippen LogP contribution in [0.5, 0.6) is 17.2 Å². The first-order chi connectivity index (χ1) is 16.5. The monoisotopic (exact) mass is 459 g/mol. The molecule has 0 spiro atoms. The number of nitriles is 1. The van der Waals surface area contributed by atoms with Gasteiger partial charge in [-0.2, -0.15) is 10.2 Å². The molecule has 1 fully saturated rings. The fraction of sp³-hybridized carbons (Fsp3) is 0.346. The molecular formula is C26H29N5O3. The molecule has 1 aromatic heterocycles. The number of rotatable bonds is 10. The number of hydrogen-bond acceptors (Lipinski definition) is 8. The van der Waals surface area contributed by atoms with Crippen molar-refractivity contribution in [1.29, 1.82) is 5.26 Å². The number of nitrogens with two attached hydrogens (primary N) is 2. The van der Waals surface area contributed by atoms with Crippen LogP contribution in [0.4, 0.5) is 11.8 Å². The van der Waals surface area contributed by atoms with Gasteiger partial charge in [0.25, 0.3) is 0 Å². The van der Waals surface area contributed by atoms with Crippen molar-refractivity contribution < 1.29 is 14.2 Å². The number of ether oxygens (including phenoxy) is 3. The summed E-state index contributed by atoms with van der Waals surface area (Å²) >= 11 is 0.